The fourth-order valence-electron chi connectivity index (χ4n) is 2.85. The first-order chi connectivity index (χ1) is 10.1. The molecule has 1 aliphatic rings. The van der Waals surface area contributed by atoms with Gasteiger partial charge >= 0.3 is 0 Å². The summed E-state index contributed by atoms with van der Waals surface area (Å²) in [5.41, 5.74) is 5.94. The quantitative estimate of drug-likeness (QED) is 0.878. The van der Waals surface area contributed by atoms with E-state index in [4.69, 9.17) is 4.74 Å². The second-order valence-electron chi connectivity index (χ2n) is 5.55. The molecule has 0 bridgehead atoms. The summed E-state index contributed by atoms with van der Waals surface area (Å²) in [6.07, 6.45) is 0. The Hall–Kier alpha value is -2.13. The predicted molar refractivity (Wildman–Crippen MR) is 82.9 cm³/mol. The highest BCUT2D eigenvalue weighted by molar-refractivity contribution is 6.10. The zero-order chi connectivity index (χ0) is 15.0. The first-order valence-electron chi connectivity index (χ1n) is 7.12. The van der Waals surface area contributed by atoms with E-state index in [2.05, 4.69) is 5.32 Å². The number of benzene rings is 2. The van der Waals surface area contributed by atoms with Crippen molar-refractivity contribution >= 4 is 5.78 Å². The summed E-state index contributed by atoms with van der Waals surface area (Å²) in [6, 6.07) is 9.83. The second kappa shape index (κ2) is 5.34. The number of ether oxygens (including phenoxy) is 1. The number of aryl methyl sites for hydroxylation is 2. The van der Waals surface area contributed by atoms with Crippen LogP contribution < -0.4 is 10.1 Å². The highest BCUT2D eigenvalue weighted by Crippen LogP contribution is 2.25. The maximum atomic E-state index is 12.8. The fraction of sp³-hybridized carbons (Fsp3) is 0.278. The van der Waals surface area contributed by atoms with Crippen molar-refractivity contribution in [1.82, 2.24) is 5.32 Å². The summed E-state index contributed by atoms with van der Waals surface area (Å²) in [5, 5.41) is 3.30. The van der Waals surface area contributed by atoms with Crippen LogP contribution in [0.2, 0.25) is 0 Å². The number of carbonyl (C=O) groups is 1. The lowest BCUT2D eigenvalue weighted by Crippen LogP contribution is -2.06. The zero-order valence-electron chi connectivity index (χ0n) is 12.6. The van der Waals surface area contributed by atoms with Gasteiger partial charge in [0.25, 0.3) is 0 Å². The molecule has 0 aromatic heterocycles. The van der Waals surface area contributed by atoms with Crippen molar-refractivity contribution in [2.45, 2.75) is 26.9 Å². The number of nitrogens with one attached hydrogen (secondary N) is 1. The molecule has 0 spiro atoms. The summed E-state index contributed by atoms with van der Waals surface area (Å²) in [5.74, 6) is 0.898. The standard InChI is InChI=1S/C18H19NO2/c1-11-7-17(21-3)12(2)6-16(11)18(20)13-4-5-14-9-19-10-15(14)8-13/h4-8,19H,9-10H2,1-3H3. The molecule has 0 saturated carbocycles. The van der Waals surface area contributed by atoms with Crippen molar-refractivity contribution < 1.29 is 9.53 Å². The number of carbonyl (C=O) groups excluding carboxylic acids is 1. The van der Waals surface area contributed by atoms with Crippen LogP contribution in [0.1, 0.15) is 38.2 Å². The van der Waals surface area contributed by atoms with Gasteiger partial charge in [-0.1, -0.05) is 12.1 Å². The average molecular weight is 281 g/mol. The molecule has 3 rings (SSSR count). The maximum Gasteiger partial charge on any atom is 0.193 e. The van der Waals surface area contributed by atoms with Gasteiger partial charge in [0.05, 0.1) is 7.11 Å². The van der Waals surface area contributed by atoms with Crippen molar-refractivity contribution in [1.29, 1.82) is 0 Å². The Morgan fingerprint density at radius 3 is 2.57 bits per heavy atom. The van der Waals surface area contributed by atoms with E-state index in [1.165, 1.54) is 11.1 Å². The van der Waals surface area contributed by atoms with Crippen molar-refractivity contribution in [3.8, 4) is 5.75 Å². The van der Waals surface area contributed by atoms with Gasteiger partial charge in [0, 0.05) is 24.2 Å². The lowest BCUT2D eigenvalue weighted by atomic mass is 9.95. The minimum Gasteiger partial charge on any atom is -0.496 e. The molecule has 3 heteroatoms. The van der Waals surface area contributed by atoms with Gasteiger partial charge in [0.15, 0.2) is 5.78 Å². The van der Waals surface area contributed by atoms with Crippen LogP contribution in [-0.2, 0) is 13.1 Å². The Morgan fingerprint density at radius 1 is 1.05 bits per heavy atom. The number of ketones is 1. The van der Waals surface area contributed by atoms with Crippen LogP contribution >= 0.6 is 0 Å². The average Bonchev–Trinajstić information content (AvgIpc) is 2.95. The summed E-state index contributed by atoms with van der Waals surface area (Å²) in [4.78, 5) is 12.8. The fourth-order valence-corrected chi connectivity index (χ4v) is 2.85. The van der Waals surface area contributed by atoms with Gasteiger partial charge < -0.3 is 10.1 Å². The first-order valence-corrected chi connectivity index (χ1v) is 7.12. The molecule has 3 nitrogen and oxygen atoms in total. The molecule has 1 aliphatic heterocycles. The second-order valence-corrected chi connectivity index (χ2v) is 5.55. The number of hydrogen-bond acceptors (Lipinski definition) is 3. The van der Waals surface area contributed by atoms with Gasteiger partial charge in [-0.05, 0) is 54.3 Å². The molecule has 108 valence electrons. The molecule has 1 heterocycles. The van der Waals surface area contributed by atoms with Gasteiger partial charge in [-0.3, -0.25) is 4.79 Å². The zero-order valence-corrected chi connectivity index (χ0v) is 12.6. The van der Waals surface area contributed by atoms with Crippen LogP contribution in [0.25, 0.3) is 0 Å². The molecule has 0 saturated heterocycles. The third kappa shape index (κ3) is 2.45. The smallest absolute Gasteiger partial charge is 0.193 e. The van der Waals surface area contributed by atoms with Crippen molar-refractivity contribution in [2.75, 3.05) is 7.11 Å². The third-order valence-electron chi connectivity index (χ3n) is 4.09. The van der Waals surface area contributed by atoms with Gasteiger partial charge in [0.1, 0.15) is 5.75 Å². The van der Waals surface area contributed by atoms with E-state index in [0.717, 1.165) is 41.1 Å². The van der Waals surface area contributed by atoms with Crippen LogP contribution in [0.5, 0.6) is 5.75 Å². The predicted octanol–water partition coefficient (Wildman–Crippen LogP) is 3.15. The molecule has 2 aromatic carbocycles. The molecule has 0 unspecified atom stereocenters. The van der Waals surface area contributed by atoms with E-state index < -0.39 is 0 Å². The highest BCUT2D eigenvalue weighted by atomic mass is 16.5. The summed E-state index contributed by atoms with van der Waals surface area (Å²) >= 11 is 0. The van der Waals surface area contributed by atoms with Crippen LogP contribution in [-0.4, -0.2) is 12.9 Å². The van der Waals surface area contributed by atoms with E-state index in [1.54, 1.807) is 7.11 Å². The Balaban J connectivity index is 2.01. The molecule has 0 aliphatic carbocycles. The molecule has 2 aromatic rings. The van der Waals surface area contributed by atoms with Crippen LogP contribution in [0.3, 0.4) is 0 Å². The summed E-state index contributed by atoms with van der Waals surface area (Å²) < 4.78 is 5.31. The molecule has 0 amide bonds. The maximum absolute atomic E-state index is 12.8. The monoisotopic (exact) mass is 281 g/mol. The number of methoxy groups -OCH3 is 1. The molecule has 21 heavy (non-hydrogen) atoms. The van der Waals surface area contributed by atoms with E-state index in [0.29, 0.717) is 0 Å². The van der Waals surface area contributed by atoms with Crippen molar-refractivity contribution in [3.63, 3.8) is 0 Å². The minimum atomic E-state index is 0.0768. The normalized spacial score (nSPS) is 13.1. The molecule has 1 N–H and O–H groups in total. The van der Waals surface area contributed by atoms with E-state index >= 15 is 0 Å². The Labute approximate surface area is 124 Å². The first kappa shape index (κ1) is 13.8. The highest BCUT2D eigenvalue weighted by Gasteiger charge is 2.17. The number of hydrogen-bond donors (Lipinski definition) is 1. The van der Waals surface area contributed by atoms with E-state index in [1.807, 2.05) is 44.2 Å². The van der Waals surface area contributed by atoms with E-state index in [-0.39, 0.29) is 5.78 Å². The van der Waals surface area contributed by atoms with Gasteiger partial charge in [-0.2, -0.15) is 0 Å². The number of rotatable bonds is 3. The topological polar surface area (TPSA) is 38.3 Å². The van der Waals surface area contributed by atoms with Crippen molar-refractivity contribution in [3.05, 3.63) is 63.7 Å². The summed E-state index contributed by atoms with van der Waals surface area (Å²) in [7, 11) is 1.65. The van der Waals surface area contributed by atoms with Crippen molar-refractivity contribution in [2.24, 2.45) is 0 Å². The van der Waals surface area contributed by atoms with Gasteiger partial charge in [0.2, 0.25) is 0 Å². The number of fused-ring (bicyclic) bond motifs is 1. The Kier molecular flexibility index (Phi) is 3.52. The van der Waals surface area contributed by atoms with E-state index in [9.17, 15) is 4.79 Å². The molecular weight excluding hydrogens is 262 g/mol. The Bertz CT molecular complexity index is 719. The van der Waals surface area contributed by atoms with Crippen LogP contribution in [0.4, 0.5) is 0 Å². The Morgan fingerprint density at radius 2 is 1.81 bits per heavy atom. The summed E-state index contributed by atoms with van der Waals surface area (Å²) in [6.45, 7) is 5.65. The van der Waals surface area contributed by atoms with Gasteiger partial charge in [-0.15, -0.1) is 0 Å². The molecular formula is C18H19NO2. The third-order valence-corrected chi connectivity index (χ3v) is 4.09. The lowest BCUT2D eigenvalue weighted by Gasteiger charge is -2.11. The minimum absolute atomic E-state index is 0.0768. The molecule has 0 atom stereocenters. The van der Waals surface area contributed by atoms with Crippen LogP contribution in [0.15, 0.2) is 30.3 Å². The lowest BCUT2D eigenvalue weighted by molar-refractivity contribution is 0.103. The largest absolute Gasteiger partial charge is 0.496 e. The molecule has 0 radical (unpaired) electrons. The van der Waals surface area contributed by atoms with Gasteiger partial charge in [-0.25, -0.2) is 0 Å². The molecule has 0 fully saturated rings. The SMILES string of the molecule is COc1cc(C)c(C(=O)c2ccc3c(c2)CNC3)cc1C. The van der Waals surface area contributed by atoms with Crippen LogP contribution in [0, 0.1) is 13.8 Å².